The Labute approximate surface area is 217 Å². The number of fused-ring (bicyclic) bond motifs is 4. The first-order valence-electron chi connectivity index (χ1n) is 13.6. The summed E-state index contributed by atoms with van der Waals surface area (Å²) in [6.45, 7) is 2.08. The SMILES string of the molecule is COC(=O)N1CCc2ccc3c(nc(C4CCC(C(=O)O)CC4)n3C[C@@H]3CCc4ccccc4C3)c2C1. The van der Waals surface area contributed by atoms with Crippen LogP contribution in [0, 0.1) is 11.8 Å². The first-order chi connectivity index (χ1) is 18.0. The van der Waals surface area contributed by atoms with E-state index >= 15 is 0 Å². The van der Waals surface area contributed by atoms with Crippen molar-refractivity contribution in [3.63, 3.8) is 0 Å². The number of aromatic nitrogens is 2. The lowest BCUT2D eigenvalue weighted by molar-refractivity contribution is -0.142. The number of hydrogen-bond acceptors (Lipinski definition) is 4. The maximum absolute atomic E-state index is 12.3. The predicted octanol–water partition coefficient (Wildman–Crippen LogP) is 5.32. The van der Waals surface area contributed by atoms with Crippen LogP contribution >= 0.6 is 0 Å². The average Bonchev–Trinajstić information content (AvgIpc) is 3.30. The van der Waals surface area contributed by atoms with Crippen molar-refractivity contribution in [1.82, 2.24) is 14.5 Å². The number of carbonyl (C=O) groups excluding carboxylic acids is 1. The molecule has 6 rings (SSSR count). The number of carboxylic acids is 1. The third-order valence-corrected chi connectivity index (χ3v) is 8.92. The summed E-state index contributed by atoms with van der Waals surface area (Å²) in [6, 6.07) is 13.2. The summed E-state index contributed by atoms with van der Waals surface area (Å²) < 4.78 is 7.45. The Morgan fingerprint density at radius 3 is 2.54 bits per heavy atom. The zero-order valence-corrected chi connectivity index (χ0v) is 21.5. The summed E-state index contributed by atoms with van der Waals surface area (Å²) in [5.74, 6) is 0.968. The van der Waals surface area contributed by atoms with Gasteiger partial charge in [0.25, 0.3) is 0 Å². The Kier molecular flexibility index (Phi) is 6.39. The first kappa shape index (κ1) is 24.0. The third-order valence-electron chi connectivity index (χ3n) is 8.92. The lowest BCUT2D eigenvalue weighted by atomic mass is 9.81. The van der Waals surface area contributed by atoms with Gasteiger partial charge in [-0.05, 0) is 80.0 Å². The summed E-state index contributed by atoms with van der Waals surface area (Å²) in [4.78, 5) is 30.9. The maximum atomic E-state index is 12.3. The molecule has 1 atom stereocenters. The number of amides is 1. The number of carboxylic acid groups (broad SMARTS) is 1. The molecule has 3 aliphatic rings. The summed E-state index contributed by atoms with van der Waals surface area (Å²) in [5, 5.41) is 9.52. The van der Waals surface area contributed by atoms with Gasteiger partial charge in [-0.15, -0.1) is 0 Å². The fraction of sp³-hybridized carbons (Fsp3) is 0.500. The van der Waals surface area contributed by atoms with Crippen molar-refractivity contribution >= 4 is 23.1 Å². The molecule has 0 spiro atoms. The Balaban J connectivity index is 1.37. The van der Waals surface area contributed by atoms with Gasteiger partial charge in [0.05, 0.1) is 30.6 Å². The molecule has 7 nitrogen and oxygen atoms in total. The molecule has 1 aromatic heterocycles. The van der Waals surface area contributed by atoms with Crippen LogP contribution in [0.3, 0.4) is 0 Å². The number of methoxy groups -OCH3 is 1. The van der Waals surface area contributed by atoms with Gasteiger partial charge in [-0.25, -0.2) is 9.78 Å². The van der Waals surface area contributed by atoms with Crippen molar-refractivity contribution in [1.29, 1.82) is 0 Å². The van der Waals surface area contributed by atoms with E-state index < -0.39 is 5.97 Å². The van der Waals surface area contributed by atoms with Crippen molar-refractivity contribution in [2.45, 2.75) is 70.4 Å². The van der Waals surface area contributed by atoms with Gasteiger partial charge in [-0.3, -0.25) is 4.79 Å². The van der Waals surface area contributed by atoms with Crippen LogP contribution in [0.15, 0.2) is 36.4 Å². The van der Waals surface area contributed by atoms with Crippen molar-refractivity contribution in [2.75, 3.05) is 13.7 Å². The van der Waals surface area contributed by atoms with Gasteiger partial charge in [0.1, 0.15) is 5.82 Å². The van der Waals surface area contributed by atoms with Crippen LogP contribution in [-0.4, -0.2) is 45.3 Å². The van der Waals surface area contributed by atoms with Crippen LogP contribution in [0.25, 0.3) is 11.0 Å². The van der Waals surface area contributed by atoms with Gasteiger partial charge in [-0.1, -0.05) is 30.3 Å². The number of rotatable bonds is 4. The van der Waals surface area contributed by atoms with E-state index in [1.54, 1.807) is 4.90 Å². The van der Waals surface area contributed by atoms with Crippen LogP contribution in [0.5, 0.6) is 0 Å². The van der Waals surface area contributed by atoms with E-state index in [-0.39, 0.29) is 17.9 Å². The van der Waals surface area contributed by atoms with E-state index in [0.29, 0.717) is 31.8 Å². The van der Waals surface area contributed by atoms with Crippen molar-refractivity contribution in [3.05, 3.63) is 64.5 Å². The van der Waals surface area contributed by atoms with Gasteiger partial charge in [0.2, 0.25) is 0 Å². The number of aryl methyl sites for hydroxylation is 1. The molecule has 2 aromatic carbocycles. The molecule has 0 saturated heterocycles. The van der Waals surface area contributed by atoms with Crippen LogP contribution in [0.1, 0.15) is 66.1 Å². The molecule has 1 saturated carbocycles. The normalized spacial score (nSPS) is 23.4. The summed E-state index contributed by atoms with van der Waals surface area (Å²) in [6.07, 6.45) is 6.94. The highest BCUT2D eigenvalue weighted by molar-refractivity contribution is 5.82. The highest BCUT2D eigenvalue weighted by Crippen LogP contribution is 2.39. The summed E-state index contributed by atoms with van der Waals surface area (Å²) in [7, 11) is 1.43. The van der Waals surface area contributed by atoms with Crippen LogP contribution in [0.2, 0.25) is 0 Å². The minimum atomic E-state index is -0.676. The molecule has 0 unspecified atom stereocenters. The molecule has 0 radical (unpaired) electrons. The molecule has 1 N–H and O–H groups in total. The van der Waals surface area contributed by atoms with E-state index in [1.807, 2.05) is 0 Å². The van der Waals surface area contributed by atoms with E-state index in [4.69, 9.17) is 9.72 Å². The molecule has 7 heteroatoms. The number of nitrogens with zero attached hydrogens (tertiary/aromatic N) is 3. The maximum Gasteiger partial charge on any atom is 0.409 e. The topological polar surface area (TPSA) is 84.7 Å². The Morgan fingerprint density at radius 2 is 1.78 bits per heavy atom. The largest absolute Gasteiger partial charge is 0.481 e. The third kappa shape index (κ3) is 4.49. The minimum absolute atomic E-state index is 0.245. The van der Waals surface area contributed by atoms with E-state index in [2.05, 4.69) is 41.0 Å². The van der Waals surface area contributed by atoms with Crippen molar-refractivity contribution in [3.8, 4) is 0 Å². The van der Waals surface area contributed by atoms with Crippen LogP contribution < -0.4 is 0 Å². The first-order valence-corrected chi connectivity index (χ1v) is 13.6. The molecule has 194 valence electrons. The molecular weight excluding hydrogens is 466 g/mol. The average molecular weight is 502 g/mol. The quantitative estimate of drug-likeness (QED) is 0.523. The molecule has 0 bridgehead atoms. The monoisotopic (exact) mass is 501 g/mol. The second-order valence-corrected chi connectivity index (χ2v) is 11.1. The molecule has 1 amide bonds. The van der Waals surface area contributed by atoms with Crippen LogP contribution in [0.4, 0.5) is 4.79 Å². The second kappa shape index (κ2) is 9.84. The Hall–Kier alpha value is -3.35. The number of carbonyl (C=O) groups is 2. The second-order valence-electron chi connectivity index (χ2n) is 11.1. The highest BCUT2D eigenvalue weighted by Gasteiger charge is 2.32. The predicted molar refractivity (Wildman–Crippen MR) is 141 cm³/mol. The fourth-order valence-electron chi connectivity index (χ4n) is 6.82. The number of ether oxygens (including phenoxy) is 1. The van der Waals surface area contributed by atoms with E-state index in [1.165, 1.54) is 23.8 Å². The Bertz CT molecular complexity index is 1340. The van der Waals surface area contributed by atoms with Gasteiger partial charge < -0.3 is 19.3 Å². The highest BCUT2D eigenvalue weighted by atomic mass is 16.5. The van der Waals surface area contributed by atoms with Crippen molar-refractivity contribution < 1.29 is 19.4 Å². The van der Waals surface area contributed by atoms with Gasteiger partial charge in [-0.2, -0.15) is 0 Å². The number of aliphatic carboxylic acids is 1. The molecule has 37 heavy (non-hydrogen) atoms. The van der Waals surface area contributed by atoms with Gasteiger partial charge in [0.15, 0.2) is 0 Å². The summed E-state index contributed by atoms with van der Waals surface area (Å²) in [5.41, 5.74) is 7.45. The Morgan fingerprint density at radius 1 is 1.00 bits per heavy atom. The molecule has 2 aliphatic carbocycles. The number of hydrogen-bond donors (Lipinski definition) is 1. The zero-order chi connectivity index (χ0) is 25.5. The summed E-state index contributed by atoms with van der Waals surface area (Å²) >= 11 is 0. The molecule has 2 heterocycles. The smallest absolute Gasteiger partial charge is 0.409 e. The molecule has 1 aliphatic heterocycles. The molecule has 1 fully saturated rings. The standard InChI is InChI=1S/C30H35N3O4/c1-37-30(36)32-15-14-21-12-13-26-27(25(21)18-32)31-28(22-8-10-23(11-9-22)29(34)35)33(26)17-19-6-7-20-4-2-3-5-24(20)16-19/h2-5,12-13,19,22-23H,6-11,14-18H2,1H3,(H,34,35)/t19-,22?,23?/m1/s1. The van der Waals surface area contributed by atoms with E-state index in [9.17, 15) is 14.7 Å². The van der Waals surface area contributed by atoms with Gasteiger partial charge in [0, 0.05) is 24.6 Å². The molecular formula is C30H35N3O4. The fourth-order valence-corrected chi connectivity index (χ4v) is 6.82. The van der Waals surface area contributed by atoms with Gasteiger partial charge >= 0.3 is 12.1 Å². The van der Waals surface area contributed by atoms with Crippen molar-refractivity contribution in [2.24, 2.45) is 11.8 Å². The number of benzene rings is 2. The van der Waals surface area contributed by atoms with E-state index in [0.717, 1.165) is 67.5 Å². The van der Waals surface area contributed by atoms with Crippen LogP contribution in [-0.2, 0) is 41.9 Å². The number of imidazole rings is 1. The molecule has 3 aromatic rings. The lowest BCUT2D eigenvalue weighted by Crippen LogP contribution is -2.35. The zero-order valence-electron chi connectivity index (χ0n) is 21.5. The lowest BCUT2D eigenvalue weighted by Gasteiger charge is -2.29. The minimum Gasteiger partial charge on any atom is -0.481 e.